The van der Waals surface area contributed by atoms with Crippen molar-refractivity contribution in [1.82, 2.24) is 0 Å². The third-order valence-corrected chi connectivity index (χ3v) is 4.11. The SMILES string of the molecule is CCCOc1ccc(C(=O)Nc2ccccc2C(C)C)cc1Br. The van der Waals surface area contributed by atoms with Crippen molar-refractivity contribution >= 4 is 27.5 Å². The van der Waals surface area contributed by atoms with Crippen LogP contribution < -0.4 is 10.1 Å². The fourth-order valence-electron chi connectivity index (χ4n) is 2.28. The number of hydrogen-bond acceptors (Lipinski definition) is 2. The molecule has 0 unspecified atom stereocenters. The molecule has 23 heavy (non-hydrogen) atoms. The van der Waals surface area contributed by atoms with E-state index in [0.29, 0.717) is 18.1 Å². The minimum Gasteiger partial charge on any atom is -0.492 e. The Morgan fingerprint density at radius 1 is 1.22 bits per heavy atom. The van der Waals surface area contributed by atoms with Crippen LogP contribution in [0.1, 0.15) is 49.0 Å². The van der Waals surface area contributed by atoms with Gasteiger partial charge in [-0.25, -0.2) is 0 Å². The van der Waals surface area contributed by atoms with Gasteiger partial charge in [0.25, 0.3) is 5.91 Å². The second-order valence-corrected chi connectivity index (χ2v) is 6.54. The van der Waals surface area contributed by atoms with E-state index >= 15 is 0 Å². The second-order valence-electron chi connectivity index (χ2n) is 5.69. The van der Waals surface area contributed by atoms with E-state index in [1.807, 2.05) is 30.3 Å². The summed E-state index contributed by atoms with van der Waals surface area (Å²) in [6.45, 7) is 6.94. The maximum absolute atomic E-state index is 12.5. The molecule has 0 heterocycles. The molecule has 0 aliphatic heterocycles. The van der Waals surface area contributed by atoms with Crippen molar-refractivity contribution in [2.45, 2.75) is 33.1 Å². The van der Waals surface area contributed by atoms with Gasteiger partial charge in [0.2, 0.25) is 0 Å². The minimum atomic E-state index is -0.124. The van der Waals surface area contributed by atoms with Crippen LogP contribution >= 0.6 is 15.9 Å². The summed E-state index contributed by atoms with van der Waals surface area (Å²) < 4.78 is 6.40. The van der Waals surface area contributed by atoms with Gasteiger partial charge >= 0.3 is 0 Å². The van der Waals surface area contributed by atoms with Crippen molar-refractivity contribution in [2.24, 2.45) is 0 Å². The van der Waals surface area contributed by atoms with Gasteiger partial charge in [0.1, 0.15) is 5.75 Å². The summed E-state index contributed by atoms with van der Waals surface area (Å²) in [4.78, 5) is 12.5. The standard InChI is InChI=1S/C19H22BrNO2/c1-4-11-23-18-10-9-14(12-16(18)20)19(22)21-17-8-6-5-7-15(17)13(2)3/h5-10,12-13H,4,11H2,1-3H3,(H,21,22). The molecule has 1 N–H and O–H groups in total. The summed E-state index contributed by atoms with van der Waals surface area (Å²) in [6.07, 6.45) is 0.945. The Morgan fingerprint density at radius 2 is 1.96 bits per heavy atom. The average Bonchev–Trinajstić information content (AvgIpc) is 2.54. The van der Waals surface area contributed by atoms with Gasteiger partial charge in [0.15, 0.2) is 0 Å². The number of anilines is 1. The van der Waals surface area contributed by atoms with Gasteiger partial charge in [-0.05, 0) is 58.1 Å². The number of benzene rings is 2. The fourth-order valence-corrected chi connectivity index (χ4v) is 2.77. The van der Waals surface area contributed by atoms with Gasteiger partial charge in [-0.1, -0.05) is 39.0 Å². The molecule has 0 saturated carbocycles. The first-order valence-electron chi connectivity index (χ1n) is 7.85. The lowest BCUT2D eigenvalue weighted by Gasteiger charge is -2.14. The summed E-state index contributed by atoms with van der Waals surface area (Å²) in [6, 6.07) is 13.3. The Bertz CT molecular complexity index is 683. The van der Waals surface area contributed by atoms with Crippen LogP contribution in [0, 0.1) is 0 Å². The van der Waals surface area contributed by atoms with Crippen LogP contribution in [0.15, 0.2) is 46.9 Å². The molecule has 122 valence electrons. The van der Waals surface area contributed by atoms with Crippen molar-refractivity contribution in [3.63, 3.8) is 0 Å². The first kappa shape index (κ1) is 17.5. The maximum atomic E-state index is 12.5. The molecule has 0 fully saturated rings. The molecule has 0 atom stereocenters. The van der Waals surface area contributed by atoms with E-state index in [4.69, 9.17) is 4.74 Å². The van der Waals surface area contributed by atoms with Crippen molar-refractivity contribution in [3.8, 4) is 5.75 Å². The number of carbonyl (C=O) groups is 1. The molecule has 0 saturated heterocycles. The lowest BCUT2D eigenvalue weighted by Crippen LogP contribution is -2.13. The molecule has 2 aromatic rings. The smallest absolute Gasteiger partial charge is 0.255 e. The number of hydrogen-bond donors (Lipinski definition) is 1. The molecular formula is C19H22BrNO2. The fraction of sp³-hybridized carbons (Fsp3) is 0.316. The van der Waals surface area contributed by atoms with E-state index in [2.05, 4.69) is 42.0 Å². The highest BCUT2D eigenvalue weighted by molar-refractivity contribution is 9.10. The lowest BCUT2D eigenvalue weighted by molar-refractivity contribution is 0.102. The Hall–Kier alpha value is -1.81. The number of ether oxygens (including phenoxy) is 1. The van der Waals surface area contributed by atoms with E-state index in [1.54, 1.807) is 12.1 Å². The molecule has 0 aromatic heterocycles. The predicted octanol–water partition coefficient (Wildman–Crippen LogP) is 5.61. The molecule has 3 nitrogen and oxygen atoms in total. The van der Waals surface area contributed by atoms with Gasteiger partial charge < -0.3 is 10.1 Å². The molecule has 0 aliphatic carbocycles. The summed E-state index contributed by atoms with van der Waals surface area (Å²) in [5, 5.41) is 3.00. The van der Waals surface area contributed by atoms with Crippen LogP contribution in [0.2, 0.25) is 0 Å². The van der Waals surface area contributed by atoms with Crippen molar-refractivity contribution < 1.29 is 9.53 Å². The van der Waals surface area contributed by atoms with Gasteiger partial charge in [-0.2, -0.15) is 0 Å². The zero-order chi connectivity index (χ0) is 16.8. The Labute approximate surface area is 146 Å². The molecule has 0 spiro atoms. The summed E-state index contributed by atoms with van der Waals surface area (Å²) >= 11 is 3.46. The Kier molecular flexibility index (Phi) is 6.22. The van der Waals surface area contributed by atoms with Crippen LogP contribution in [-0.2, 0) is 0 Å². The largest absolute Gasteiger partial charge is 0.492 e. The summed E-state index contributed by atoms with van der Waals surface area (Å²) in [7, 11) is 0. The van der Waals surface area contributed by atoms with Crippen molar-refractivity contribution in [1.29, 1.82) is 0 Å². The Balaban J connectivity index is 2.17. The molecule has 2 rings (SSSR count). The number of nitrogens with one attached hydrogen (secondary N) is 1. The first-order chi connectivity index (χ1) is 11.0. The topological polar surface area (TPSA) is 38.3 Å². The number of para-hydroxylation sites is 1. The van der Waals surface area contributed by atoms with E-state index in [9.17, 15) is 4.79 Å². The highest BCUT2D eigenvalue weighted by Crippen LogP contribution is 2.28. The first-order valence-corrected chi connectivity index (χ1v) is 8.64. The van der Waals surface area contributed by atoms with Gasteiger partial charge in [0.05, 0.1) is 11.1 Å². The average molecular weight is 376 g/mol. The molecular weight excluding hydrogens is 354 g/mol. The van der Waals surface area contributed by atoms with E-state index < -0.39 is 0 Å². The van der Waals surface area contributed by atoms with Gasteiger partial charge in [-0.3, -0.25) is 4.79 Å². The highest BCUT2D eigenvalue weighted by Gasteiger charge is 2.12. The van der Waals surface area contributed by atoms with E-state index in [-0.39, 0.29) is 5.91 Å². The van der Waals surface area contributed by atoms with E-state index in [0.717, 1.165) is 27.9 Å². The zero-order valence-corrected chi connectivity index (χ0v) is 15.3. The second kappa shape index (κ2) is 8.16. The molecule has 0 bridgehead atoms. The highest BCUT2D eigenvalue weighted by atomic mass is 79.9. The van der Waals surface area contributed by atoms with Crippen LogP contribution in [0.5, 0.6) is 5.75 Å². The van der Waals surface area contributed by atoms with Crippen LogP contribution in [0.4, 0.5) is 5.69 Å². The maximum Gasteiger partial charge on any atom is 0.255 e. The van der Waals surface area contributed by atoms with Crippen molar-refractivity contribution in [2.75, 3.05) is 11.9 Å². The molecule has 4 heteroatoms. The summed E-state index contributed by atoms with van der Waals surface area (Å²) in [5.74, 6) is 0.981. The normalized spacial score (nSPS) is 10.7. The number of rotatable bonds is 6. The number of amides is 1. The molecule has 1 amide bonds. The van der Waals surface area contributed by atoms with Gasteiger partial charge in [-0.15, -0.1) is 0 Å². The van der Waals surface area contributed by atoms with Crippen LogP contribution in [0.3, 0.4) is 0 Å². The van der Waals surface area contributed by atoms with Crippen LogP contribution in [-0.4, -0.2) is 12.5 Å². The lowest BCUT2D eigenvalue weighted by atomic mass is 10.0. The molecule has 0 aliphatic rings. The zero-order valence-electron chi connectivity index (χ0n) is 13.7. The minimum absolute atomic E-state index is 0.124. The van der Waals surface area contributed by atoms with E-state index in [1.165, 1.54) is 0 Å². The Morgan fingerprint density at radius 3 is 2.61 bits per heavy atom. The summed E-state index contributed by atoms with van der Waals surface area (Å²) in [5.41, 5.74) is 2.58. The third kappa shape index (κ3) is 4.58. The third-order valence-electron chi connectivity index (χ3n) is 3.49. The number of carbonyl (C=O) groups excluding carboxylic acids is 1. The number of halogens is 1. The van der Waals surface area contributed by atoms with Crippen molar-refractivity contribution in [3.05, 3.63) is 58.1 Å². The molecule has 2 aromatic carbocycles. The monoisotopic (exact) mass is 375 g/mol. The quantitative estimate of drug-likeness (QED) is 0.711. The predicted molar refractivity (Wildman–Crippen MR) is 98.4 cm³/mol. The molecule has 0 radical (unpaired) electrons. The van der Waals surface area contributed by atoms with Crippen LogP contribution in [0.25, 0.3) is 0 Å². The van der Waals surface area contributed by atoms with Gasteiger partial charge in [0, 0.05) is 11.3 Å².